The maximum absolute atomic E-state index is 14.1. The molecule has 0 amide bonds. The summed E-state index contributed by atoms with van der Waals surface area (Å²) in [6.07, 6.45) is 3.39. The van der Waals surface area contributed by atoms with Gasteiger partial charge in [-0.2, -0.15) is 0 Å². The van der Waals surface area contributed by atoms with E-state index >= 15 is 0 Å². The summed E-state index contributed by atoms with van der Waals surface area (Å²) in [6, 6.07) is 21.5. The summed E-state index contributed by atoms with van der Waals surface area (Å²) in [4.78, 5) is 41.7. The number of benzene rings is 2. The Morgan fingerprint density at radius 3 is 2.57 bits per heavy atom. The van der Waals surface area contributed by atoms with Gasteiger partial charge in [-0.3, -0.25) is 9.36 Å². The third kappa shape index (κ3) is 6.01. The second kappa shape index (κ2) is 12.9. The van der Waals surface area contributed by atoms with Crippen molar-refractivity contribution in [2.24, 2.45) is 4.99 Å². The molecule has 0 bridgehead atoms. The van der Waals surface area contributed by atoms with Crippen LogP contribution in [0.3, 0.4) is 0 Å². The summed E-state index contributed by atoms with van der Waals surface area (Å²) in [5, 5.41) is 1.17. The Morgan fingerprint density at radius 2 is 1.84 bits per heavy atom. The molecule has 4 heterocycles. The number of aryl methyl sites for hydroxylation is 1. The van der Waals surface area contributed by atoms with Crippen molar-refractivity contribution in [2.75, 3.05) is 13.2 Å². The quantitative estimate of drug-likeness (QED) is 0.163. The van der Waals surface area contributed by atoms with Crippen molar-refractivity contribution in [3.8, 4) is 5.75 Å². The number of aromatic nitrogens is 3. The predicted molar refractivity (Wildman–Crippen MR) is 168 cm³/mol. The molecule has 1 aliphatic rings. The zero-order valence-electron chi connectivity index (χ0n) is 24.2. The molecular weight excluding hydrogens is 597 g/mol. The summed E-state index contributed by atoms with van der Waals surface area (Å²) >= 11 is 2.53. The molecule has 2 aromatic carbocycles. The third-order valence-electron chi connectivity index (χ3n) is 6.72. The van der Waals surface area contributed by atoms with Crippen LogP contribution in [0.1, 0.15) is 42.5 Å². The van der Waals surface area contributed by atoms with Crippen LogP contribution in [-0.2, 0) is 9.53 Å². The van der Waals surface area contributed by atoms with Gasteiger partial charge in [0.15, 0.2) is 15.1 Å². The Morgan fingerprint density at radius 1 is 1.05 bits per heavy atom. The number of esters is 1. The first-order chi connectivity index (χ1) is 21.4. The monoisotopic (exact) mass is 624 g/mol. The lowest BCUT2D eigenvalue weighted by atomic mass is 9.93. The van der Waals surface area contributed by atoms with Crippen LogP contribution in [0, 0.1) is 6.92 Å². The van der Waals surface area contributed by atoms with Gasteiger partial charge >= 0.3 is 5.97 Å². The summed E-state index contributed by atoms with van der Waals surface area (Å²) in [7, 11) is 0. The molecule has 5 aromatic rings. The van der Waals surface area contributed by atoms with E-state index in [0.29, 0.717) is 43.4 Å². The van der Waals surface area contributed by atoms with E-state index < -0.39 is 12.0 Å². The molecule has 9 nitrogen and oxygen atoms in total. The molecule has 0 unspecified atom stereocenters. The summed E-state index contributed by atoms with van der Waals surface area (Å²) < 4.78 is 19.2. The topological polar surface area (TPSA) is 109 Å². The molecule has 0 saturated heterocycles. The van der Waals surface area contributed by atoms with Gasteiger partial charge in [-0.05, 0) is 68.4 Å². The number of fused-ring (bicyclic) bond motifs is 1. The lowest BCUT2D eigenvalue weighted by molar-refractivity contribution is -0.138. The van der Waals surface area contributed by atoms with Crippen LogP contribution in [0.4, 0.5) is 0 Å². The number of carbonyl (C=O) groups is 1. The van der Waals surface area contributed by atoms with E-state index in [1.165, 1.54) is 23.1 Å². The van der Waals surface area contributed by atoms with Crippen molar-refractivity contribution in [2.45, 2.75) is 37.1 Å². The molecule has 0 N–H and O–H groups in total. The molecule has 0 spiro atoms. The molecule has 11 heteroatoms. The minimum absolute atomic E-state index is 0.178. The van der Waals surface area contributed by atoms with Crippen LogP contribution in [-0.4, -0.2) is 33.7 Å². The zero-order valence-corrected chi connectivity index (χ0v) is 25.9. The van der Waals surface area contributed by atoms with Crippen LogP contribution >= 0.6 is 23.1 Å². The number of thiazole rings is 1. The molecule has 3 aromatic heterocycles. The molecule has 222 valence electrons. The molecule has 0 saturated carbocycles. The highest BCUT2D eigenvalue weighted by Crippen LogP contribution is 2.36. The minimum atomic E-state index is -0.778. The molecule has 0 aliphatic carbocycles. The maximum atomic E-state index is 14.1. The van der Waals surface area contributed by atoms with Gasteiger partial charge < -0.3 is 13.9 Å². The predicted octanol–water partition coefficient (Wildman–Crippen LogP) is 5.18. The molecule has 1 aliphatic heterocycles. The molecule has 0 radical (unpaired) electrons. The Labute approximate surface area is 261 Å². The summed E-state index contributed by atoms with van der Waals surface area (Å²) in [6.45, 7) is 6.26. The van der Waals surface area contributed by atoms with Gasteiger partial charge in [0, 0.05) is 23.5 Å². The molecule has 1 atom stereocenters. The van der Waals surface area contributed by atoms with E-state index in [1.807, 2.05) is 80.6 Å². The Kier molecular flexibility index (Phi) is 8.58. The highest BCUT2D eigenvalue weighted by Gasteiger charge is 2.35. The van der Waals surface area contributed by atoms with Crippen molar-refractivity contribution < 1.29 is 18.7 Å². The van der Waals surface area contributed by atoms with Gasteiger partial charge in [-0.25, -0.2) is 19.8 Å². The van der Waals surface area contributed by atoms with Gasteiger partial charge in [0.1, 0.15) is 11.5 Å². The van der Waals surface area contributed by atoms with Crippen LogP contribution < -0.4 is 19.6 Å². The van der Waals surface area contributed by atoms with E-state index in [4.69, 9.17) is 18.9 Å². The van der Waals surface area contributed by atoms with Crippen molar-refractivity contribution in [3.63, 3.8) is 0 Å². The smallest absolute Gasteiger partial charge is 0.338 e. The minimum Gasteiger partial charge on any atom is -0.494 e. The van der Waals surface area contributed by atoms with Crippen molar-refractivity contribution in [3.05, 3.63) is 127 Å². The largest absolute Gasteiger partial charge is 0.494 e. The fourth-order valence-corrected chi connectivity index (χ4v) is 6.57. The number of nitrogens with zero attached hydrogens (tertiary/aromatic N) is 4. The lowest BCUT2D eigenvalue weighted by Crippen LogP contribution is -2.40. The van der Waals surface area contributed by atoms with Crippen LogP contribution in [0.15, 0.2) is 109 Å². The molecule has 6 rings (SSSR count). The van der Waals surface area contributed by atoms with E-state index in [2.05, 4.69) is 9.97 Å². The van der Waals surface area contributed by atoms with Crippen molar-refractivity contribution in [1.29, 1.82) is 0 Å². The highest BCUT2D eigenvalue weighted by molar-refractivity contribution is 7.99. The SMILES string of the molecule is CCOC(=O)C1=C(c2ccccc2)N=c2s/c(=C\c3ccc(Sc4nccc(C)n4)o3)c(=O)n2[C@H]1c1ccc(OCC)cc1. The maximum Gasteiger partial charge on any atom is 0.338 e. The van der Waals surface area contributed by atoms with Crippen molar-refractivity contribution in [1.82, 2.24) is 14.5 Å². The normalized spacial score (nSPS) is 14.7. The first-order valence-electron chi connectivity index (χ1n) is 14.0. The standard InChI is InChI=1S/C33H28N4O5S2/c1-4-40-23-13-11-22(12-14-23)29-27(31(39)41-5-2)28(21-9-7-6-8-10-21)36-33-37(29)30(38)25(43-33)19-24-15-16-26(42-24)44-32-34-18-17-20(3)35-32/h6-19,29H,4-5H2,1-3H3/b25-19-/t29-/m0/s1. The summed E-state index contributed by atoms with van der Waals surface area (Å²) in [5.74, 6) is 0.654. The van der Waals surface area contributed by atoms with Gasteiger partial charge in [0.2, 0.25) is 0 Å². The Balaban J connectivity index is 1.50. The van der Waals surface area contributed by atoms with Gasteiger partial charge in [0.25, 0.3) is 5.56 Å². The average molecular weight is 625 g/mol. The average Bonchev–Trinajstić information content (AvgIpc) is 3.60. The number of furan rings is 1. The number of hydrogen-bond acceptors (Lipinski definition) is 10. The van der Waals surface area contributed by atoms with Crippen LogP contribution in [0.5, 0.6) is 5.75 Å². The molecule has 0 fully saturated rings. The highest BCUT2D eigenvalue weighted by atomic mass is 32.2. The van der Waals surface area contributed by atoms with Gasteiger partial charge in [-0.1, -0.05) is 53.8 Å². The van der Waals surface area contributed by atoms with E-state index in [1.54, 1.807) is 29.8 Å². The number of rotatable bonds is 9. The molecule has 44 heavy (non-hydrogen) atoms. The third-order valence-corrected chi connectivity index (χ3v) is 8.50. The second-order valence-electron chi connectivity index (χ2n) is 9.67. The zero-order chi connectivity index (χ0) is 30.6. The van der Waals surface area contributed by atoms with Crippen LogP contribution in [0.25, 0.3) is 11.8 Å². The fourth-order valence-electron chi connectivity index (χ4n) is 4.83. The first kappa shape index (κ1) is 29.3. The second-order valence-corrected chi connectivity index (χ2v) is 11.7. The van der Waals surface area contributed by atoms with E-state index in [0.717, 1.165) is 16.8 Å². The summed E-state index contributed by atoms with van der Waals surface area (Å²) in [5.41, 5.74) is 2.78. The number of ether oxygens (including phenoxy) is 2. The van der Waals surface area contributed by atoms with Crippen molar-refractivity contribution >= 4 is 40.8 Å². The number of carbonyl (C=O) groups excluding carboxylic acids is 1. The van der Waals surface area contributed by atoms with Crippen LogP contribution in [0.2, 0.25) is 0 Å². The number of hydrogen-bond donors (Lipinski definition) is 0. The lowest BCUT2D eigenvalue weighted by Gasteiger charge is -2.26. The van der Waals surface area contributed by atoms with Gasteiger partial charge in [0.05, 0.1) is 35.1 Å². The Bertz CT molecular complexity index is 2030. The van der Waals surface area contributed by atoms with E-state index in [9.17, 15) is 9.59 Å². The molecular formula is C33H28N4O5S2. The van der Waals surface area contributed by atoms with Gasteiger partial charge in [-0.15, -0.1) is 0 Å². The van der Waals surface area contributed by atoms with E-state index in [-0.39, 0.29) is 17.7 Å². The Hall–Kier alpha value is -4.74. The first-order valence-corrected chi connectivity index (χ1v) is 15.7. The fraction of sp³-hybridized carbons (Fsp3) is 0.182.